The summed E-state index contributed by atoms with van der Waals surface area (Å²) >= 11 is -0.116. The molecule has 0 aromatic heterocycles. The van der Waals surface area contributed by atoms with Crippen LogP contribution in [0.1, 0.15) is 20.8 Å². The number of alkyl halides is 3. The van der Waals surface area contributed by atoms with Gasteiger partial charge in [-0.3, -0.25) is 4.79 Å². The topological polar surface area (TPSA) is 38.3 Å². The van der Waals surface area contributed by atoms with E-state index in [0.717, 1.165) is 0 Å². The summed E-state index contributed by atoms with van der Waals surface area (Å²) in [6.45, 7) is 5.22. The molecule has 0 heterocycles. The Labute approximate surface area is 97.1 Å². The second-order valence-electron chi connectivity index (χ2n) is 4.06. The quantitative estimate of drug-likeness (QED) is 0.606. The van der Waals surface area contributed by atoms with E-state index in [0.29, 0.717) is 0 Å². The lowest BCUT2D eigenvalue weighted by atomic mass is 10.2. The number of nitrogens with one attached hydrogen (secondary N) is 1. The van der Waals surface area contributed by atoms with E-state index >= 15 is 0 Å². The first-order valence-corrected chi connectivity index (χ1v) is 5.72. The lowest BCUT2D eigenvalue weighted by molar-refractivity contribution is -0.153. The van der Waals surface area contributed by atoms with Crippen LogP contribution in [0.25, 0.3) is 0 Å². The van der Waals surface area contributed by atoms with Crippen LogP contribution in [0.15, 0.2) is 0 Å². The van der Waals surface area contributed by atoms with Crippen LogP contribution in [0.5, 0.6) is 0 Å². The molecule has 96 valence electrons. The Hall–Kier alpha value is -0.430. The van der Waals surface area contributed by atoms with E-state index in [2.05, 4.69) is 5.32 Å². The maximum absolute atomic E-state index is 11.7. The molecule has 0 saturated heterocycles. The Morgan fingerprint density at radius 3 is 2.31 bits per heavy atom. The van der Waals surface area contributed by atoms with Crippen molar-refractivity contribution in [3.8, 4) is 0 Å². The predicted molar refractivity (Wildman–Crippen MR) is 57.2 cm³/mol. The highest BCUT2D eigenvalue weighted by atomic mass is 32.2. The Morgan fingerprint density at radius 1 is 1.31 bits per heavy atom. The van der Waals surface area contributed by atoms with Crippen LogP contribution in [0.4, 0.5) is 13.2 Å². The van der Waals surface area contributed by atoms with E-state index in [9.17, 15) is 18.0 Å². The van der Waals surface area contributed by atoms with Crippen LogP contribution >= 0.6 is 11.8 Å². The molecule has 0 unspecified atom stereocenters. The average Bonchev–Trinajstić information content (AvgIpc) is 1.97. The van der Waals surface area contributed by atoms with Crippen molar-refractivity contribution in [2.75, 3.05) is 18.8 Å². The molecule has 0 fully saturated rings. The van der Waals surface area contributed by atoms with Crippen molar-refractivity contribution in [2.45, 2.75) is 31.9 Å². The van der Waals surface area contributed by atoms with Crippen molar-refractivity contribution in [3.05, 3.63) is 0 Å². The van der Waals surface area contributed by atoms with Gasteiger partial charge in [0.05, 0.1) is 6.54 Å². The maximum Gasteiger partial charge on any atom is 0.441 e. The van der Waals surface area contributed by atoms with Crippen molar-refractivity contribution in [1.82, 2.24) is 5.32 Å². The summed E-state index contributed by atoms with van der Waals surface area (Å²) in [5.41, 5.74) is -4.78. The molecule has 1 N–H and O–H groups in total. The number of carbonyl (C=O) groups excluding carboxylic acids is 1. The zero-order valence-electron chi connectivity index (χ0n) is 9.48. The molecule has 0 radical (unpaired) electrons. The lowest BCUT2D eigenvalue weighted by Crippen LogP contribution is -2.32. The highest BCUT2D eigenvalue weighted by molar-refractivity contribution is 8.00. The monoisotopic (exact) mass is 259 g/mol. The second-order valence-corrected chi connectivity index (χ2v) is 5.22. The van der Waals surface area contributed by atoms with Gasteiger partial charge in [0.25, 0.3) is 0 Å². The van der Waals surface area contributed by atoms with Gasteiger partial charge in [-0.1, -0.05) is 0 Å². The third-order valence-corrected chi connectivity index (χ3v) is 1.97. The number of thioether (sulfide) groups is 1. The van der Waals surface area contributed by atoms with E-state index in [1.54, 1.807) is 20.8 Å². The largest absolute Gasteiger partial charge is 0.459 e. The van der Waals surface area contributed by atoms with Gasteiger partial charge in [-0.2, -0.15) is 13.2 Å². The molecule has 16 heavy (non-hydrogen) atoms. The van der Waals surface area contributed by atoms with Gasteiger partial charge >= 0.3 is 11.5 Å². The number of esters is 1. The summed E-state index contributed by atoms with van der Waals surface area (Å²) in [6, 6.07) is 0. The molecular weight excluding hydrogens is 243 g/mol. The molecule has 0 rings (SSSR count). The van der Waals surface area contributed by atoms with Crippen LogP contribution in [0, 0.1) is 0 Å². The first kappa shape index (κ1) is 15.6. The number of ether oxygens (including phenoxy) is 1. The zero-order chi connectivity index (χ0) is 12.8. The zero-order valence-corrected chi connectivity index (χ0v) is 10.3. The molecule has 0 spiro atoms. The minimum Gasteiger partial charge on any atom is -0.459 e. The summed E-state index contributed by atoms with van der Waals surface area (Å²) in [5.74, 6) is -0.587. The van der Waals surface area contributed by atoms with E-state index in [4.69, 9.17) is 4.74 Å². The predicted octanol–water partition coefficient (Wildman–Crippen LogP) is 2.17. The molecular formula is C9H16F3NO2S. The molecule has 7 heteroatoms. The minimum absolute atomic E-state index is 0.0737. The standard InChI is InChI=1S/C9H16F3NO2S/c1-8(2,3)15-7(14)6-13-4-5-16-9(10,11)12/h13H,4-6H2,1-3H3. The third-order valence-electron chi connectivity index (χ3n) is 1.23. The highest BCUT2D eigenvalue weighted by Crippen LogP contribution is 2.29. The van der Waals surface area contributed by atoms with Crippen LogP contribution < -0.4 is 5.32 Å². The van der Waals surface area contributed by atoms with Crippen LogP contribution in [-0.4, -0.2) is 35.9 Å². The second kappa shape index (κ2) is 6.34. The van der Waals surface area contributed by atoms with Crippen LogP contribution in [0.2, 0.25) is 0 Å². The lowest BCUT2D eigenvalue weighted by Gasteiger charge is -2.19. The molecule has 0 amide bonds. The first-order valence-electron chi connectivity index (χ1n) is 4.73. The summed E-state index contributed by atoms with van der Waals surface area (Å²) in [5, 5.41) is 2.58. The van der Waals surface area contributed by atoms with Gasteiger partial charge in [0.1, 0.15) is 5.60 Å². The number of halogens is 3. The summed E-state index contributed by atoms with van der Waals surface area (Å²) in [6.07, 6.45) is 0. The van der Waals surface area contributed by atoms with Gasteiger partial charge in [0, 0.05) is 12.3 Å². The van der Waals surface area contributed by atoms with E-state index in [1.165, 1.54) is 0 Å². The fourth-order valence-electron chi connectivity index (χ4n) is 0.807. The molecule has 0 atom stereocenters. The van der Waals surface area contributed by atoms with Gasteiger partial charge in [0.15, 0.2) is 0 Å². The third kappa shape index (κ3) is 11.6. The van der Waals surface area contributed by atoms with Gasteiger partial charge in [-0.25, -0.2) is 0 Å². The highest BCUT2D eigenvalue weighted by Gasteiger charge is 2.27. The number of rotatable bonds is 5. The Bertz CT molecular complexity index is 226. The number of carbonyl (C=O) groups is 1. The molecule has 0 saturated carbocycles. The van der Waals surface area contributed by atoms with Crippen molar-refractivity contribution in [1.29, 1.82) is 0 Å². The van der Waals surface area contributed by atoms with Gasteiger partial charge in [-0.15, -0.1) is 0 Å². The normalized spacial score (nSPS) is 12.6. The summed E-state index contributed by atoms with van der Waals surface area (Å²) in [4.78, 5) is 11.1. The number of hydrogen-bond acceptors (Lipinski definition) is 4. The van der Waals surface area contributed by atoms with E-state index in [1.807, 2.05) is 0 Å². The molecule has 0 aliphatic rings. The fraction of sp³-hybridized carbons (Fsp3) is 0.889. The first-order chi connectivity index (χ1) is 7.10. The van der Waals surface area contributed by atoms with E-state index in [-0.39, 0.29) is 30.6 Å². The van der Waals surface area contributed by atoms with Crippen molar-refractivity contribution in [3.63, 3.8) is 0 Å². The molecule has 0 aromatic rings. The van der Waals surface area contributed by atoms with Gasteiger partial charge in [0.2, 0.25) is 0 Å². The van der Waals surface area contributed by atoms with Crippen molar-refractivity contribution >= 4 is 17.7 Å². The minimum atomic E-state index is -4.21. The van der Waals surface area contributed by atoms with Gasteiger partial charge < -0.3 is 10.1 Å². The molecule has 0 aliphatic carbocycles. The summed E-state index contributed by atoms with van der Waals surface area (Å²) in [7, 11) is 0. The Kier molecular flexibility index (Phi) is 6.17. The Morgan fingerprint density at radius 2 is 1.88 bits per heavy atom. The van der Waals surface area contributed by atoms with E-state index < -0.39 is 17.1 Å². The molecule has 0 bridgehead atoms. The maximum atomic E-state index is 11.7. The smallest absolute Gasteiger partial charge is 0.441 e. The van der Waals surface area contributed by atoms with Gasteiger partial charge in [-0.05, 0) is 32.5 Å². The van der Waals surface area contributed by atoms with Crippen molar-refractivity contribution in [2.24, 2.45) is 0 Å². The SMILES string of the molecule is CC(C)(C)OC(=O)CNCCSC(F)(F)F. The molecule has 0 aromatic carbocycles. The molecule has 0 aliphatic heterocycles. The fourth-order valence-corrected chi connectivity index (χ4v) is 1.28. The number of hydrogen-bond donors (Lipinski definition) is 1. The summed E-state index contributed by atoms with van der Waals surface area (Å²) < 4.78 is 40.1. The van der Waals surface area contributed by atoms with Crippen LogP contribution in [-0.2, 0) is 9.53 Å². The van der Waals surface area contributed by atoms with Crippen LogP contribution in [0.3, 0.4) is 0 Å². The van der Waals surface area contributed by atoms with Crippen molar-refractivity contribution < 1.29 is 22.7 Å². The molecule has 3 nitrogen and oxygen atoms in total. The average molecular weight is 259 g/mol. The Balaban J connectivity index is 3.50.